The fraction of sp³-hybridized carbons (Fsp3) is 0.400. The number of hydrogen-bond donors (Lipinski definition) is 0. The van der Waals surface area contributed by atoms with Crippen molar-refractivity contribution in [2.75, 3.05) is 39.8 Å². The number of nitrogens with zero attached hydrogens (tertiary/aromatic N) is 2. The number of likely N-dealkylation sites (N-methyl/N-ethyl adjacent to an activating group) is 1. The molecule has 0 saturated carbocycles. The Morgan fingerprint density at radius 2 is 1.89 bits per heavy atom. The molecule has 3 heterocycles. The van der Waals surface area contributed by atoms with Crippen LogP contribution in [-0.2, 0) is 5.75 Å². The molecule has 4 rings (SSSR count). The van der Waals surface area contributed by atoms with Gasteiger partial charge in [0.15, 0.2) is 0 Å². The van der Waals surface area contributed by atoms with E-state index in [1.165, 1.54) is 52.7 Å². The van der Waals surface area contributed by atoms with Gasteiger partial charge in [-0.15, -0.1) is 35.5 Å². The van der Waals surface area contributed by atoms with Crippen molar-refractivity contribution in [1.82, 2.24) is 9.80 Å². The molecule has 2 aliphatic heterocycles. The summed E-state index contributed by atoms with van der Waals surface area (Å²) in [6.07, 6.45) is 3.52. The van der Waals surface area contributed by atoms with Crippen LogP contribution in [0.1, 0.15) is 23.1 Å². The monoisotopic (exact) mass is 444 g/mol. The molecular weight excluding hydrogens is 419 g/mol. The van der Waals surface area contributed by atoms with Gasteiger partial charge in [0.1, 0.15) is 0 Å². The van der Waals surface area contributed by atoms with E-state index in [-0.39, 0.29) is 17.9 Å². The highest BCUT2D eigenvalue weighted by molar-refractivity contribution is 8.00. The fourth-order valence-electron chi connectivity index (χ4n) is 3.50. The number of hydrogen-bond acceptors (Lipinski definition) is 4. The van der Waals surface area contributed by atoms with Crippen molar-refractivity contribution >= 4 is 52.7 Å². The third-order valence-corrected chi connectivity index (χ3v) is 7.55. The van der Waals surface area contributed by atoms with Crippen molar-refractivity contribution in [3.63, 3.8) is 0 Å². The second-order valence-electron chi connectivity index (χ2n) is 6.76. The van der Waals surface area contributed by atoms with Crippen LogP contribution in [0.25, 0.3) is 5.57 Å². The first-order valence-electron chi connectivity index (χ1n) is 8.81. The molecule has 0 spiro atoms. The van der Waals surface area contributed by atoms with E-state index in [4.69, 9.17) is 11.6 Å². The summed E-state index contributed by atoms with van der Waals surface area (Å²) < 4.78 is 1.43. The van der Waals surface area contributed by atoms with Crippen molar-refractivity contribution in [2.45, 2.75) is 16.4 Å². The Balaban J connectivity index is 0.00000131. The van der Waals surface area contributed by atoms with Gasteiger partial charge in [0.2, 0.25) is 0 Å². The summed E-state index contributed by atoms with van der Waals surface area (Å²) in [6, 6.07) is 8.62. The Morgan fingerprint density at radius 1 is 1.11 bits per heavy atom. The van der Waals surface area contributed by atoms with E-state index in [0.29, 0.717) is 0 Å². The molecule has 1 fully saturated rings. The maximum atomic E-state index is 6.32. The van der Waals surface area contributed by atoms with E-state index < -0.39 is 0 Å². The normalized spacial score (nSPS) is 18.8. The summed E-state index contributed by atoms with van der Waals surface area (Å²) in [4.78, 5) is 4.99. The van der Waals surface area contributed by atoms with Gasteiger partial charge in [-0.2, -0.15) is 0 Å². The van der Waals surface area contributed by atoms with Crippen LogP contribution in [0.2, 0.25) is 5.02 Å². The van der Waals surface area contributed by atoms with Crippen molar-refractivity contribution in [3.8, 4) is 0 Å². The van der Waals surface area contributed by atoms with E-state index in [1.54, 1.807) is 0 Å². The Kier molecular flexibility index (Phi) is 8.69. The van der Waals surface area contributed by atoms with E-state index >= 15 is 0 Å². The summed E-state index contributed by atoms with van der Waals surface area (Å²) in [5.41, 5.74) is 5.46. The number of benzene rings is 1. The zero-order valence-electron chi connectivity index (χ0n) is 15.4. The lowest BCUT2D eigenvalue weighted by atomic mass is 9.95. The molecule has 27 heavy (non-hydrogen) atoms. The highest BCUT2D eigenvalue weighted by atomic mass is 35.5. The highest BCUT2D eigenvalue weighted by Gasteiger charge is 2.20. The lowest BCUT2D eigenvalue weighted by Crippen LogP contribution is -2.44. The van der Waals surface area contributed by atoms with Gasteiger partial charge in [-0.1, -0.05) is 23.7 Å². The third kappa shape index (κ3) is 5.30. The number of fused-ring (bicyclic) bond motifs is 2. The van der Waals surface area contributed by atoms with Crippen LogP contribution >= 0.6 is 47.1 Å². The predicted octanol–water partition coefficient (Wildman–Crippen LogP) is 4.67. The van der Waals surface area contributed by atoms with E-state index in [0.717, 1.165) is 23.7 Å². The molecule has 0 bridgehead atoms. The van der Waals surface area contributed by atoms with Crippen LogP contribution < -0.4 is 0 Å². The van der Waals surface area contributed by atoms with E-state index in [9.17, 15) is 0 Å². The van der Waals surface area contributed by atoms with Crippen LogP contribution in [-0.4, -0.2) is 55.0 Å². The topological polar surface area (TPSA) is 38.0 Å². The van der Waals surface area contributed by atoms with Crippen LogP contribution in [0.5, 0.6) is 0 Å². The minimum atomic E-state index is 0. The molecule has 1 saturated heterocycles. The molecule has 7 heteroatoms. The minimum Gasteiger partial charge on any atom is -0.412 e. The maximum absolute atomic E-state index is 6.32. The molecule has 1 aromatic carbocycles. The second kappa shape index (κ2) is 10.3. The number of rotatable bonds is 3. The molecule has 2 N–H and O–H groups in total. The molecule has 0 aliphatic carbocycles. The summed E-state index contributed by atoms with van der Waals surface area (Å²) in [5, 5.41) is 3.04. The fourth-order valence-corrected chi connectivity index (χ4v) is 5.80. The number of piperazine rings is 1. The van der Waals surface area contributed by atoms with Crippen molar-refractivity contribution < 1.29 is 5.48 Å². The molecule has 2 aromatic rings. The lowest BCUT2D eigenvalue weighted by molar-refractivity contribution is 0.156. The summed E-state index contributed by atoms with van der Waals surface area (Å²) in [7, 11) is 2.21. The van der Waals surface area contributed by atoms with Crippen molar-refractivity contribution in [2.24, 2.45) is 0 Å². The molecule has 3 nitrogen and oxygen atoms in total. The van der Waals surface area contributed by atoms with Gasteiger partial charge in [0.05, 0.1) is 4.21 Å². The first-order chi connectivity index (χ1) is 12.2. The van der Waals surface area contributed by atoms with Crippen molar-refractivity contribution in [1.29, 1.82) is 0 Å². The zero-order valence-corrected chi connectivity index (χ0v) is 18.6. The van der Waals surface area contributed by atoms with Crippen molar-refractivity contribution in [3.05, 3.63) is 57.4 Å². The molecule has 2 aliphatic rings. The zero-order chi connectivity index (χ0) is 17.2. The van der Waals surface area contributed by atoms with Gasteiger partial charge >= 0.3 is 0 Å². The summed E-state index contributed by atoms with van der Waals surface area (Å²) in [6.45, 7) is 5.86. The average molecular weight is 445 g/mol. The van der Waals surface area contributed by atoms with Gasteiger partial charge in [-0.25, -0.2) is 0 Å². The Bertz CT molecular complexity index is 786. The standard InChI is InChI=1S/C20H23ClN2S2.ClH.H2O/c1-22-8-10-23(11-9-22)7-2-3-17-18-6-12-24-20(18)25-14-15-4-5-16(21)13-19(15)17;;/h3-6,12-13H,2,7-11,14H2,1H3;1H;1H2/b17-3+;;. The molecule has 0 radical (unpaired) electrons. The molecule has 0 atom stereocenters. The van der Waals surface area contributed by atoms with Crippen LogP contribution in [0, 0.1) is 0 Å². The molecule has 0 unspecified atom stereocenters. The van der Waals surface area contributed by atoms with Crippen LogP contribution in [0.3, 0.4) is 0 Å². The van der Waals surface area contributed by atoms with Gasteiger partial charge in [-0.05, 0) is 53.7 Å². The second-order valence-corrected chi connectivity index (χ2v) is 9.36. The number of thiophene rings is 1. The Morgan fingerprint density at radius 3 is 2.67 bits per heavy atom. The van der Waals surface area contributed by atoms with Gasteiger partial charge in [0.25, 0.3) is 0 Å². The number of thioether (sulfide) groups is 1. The predicted molar refractivity (Wildman–Crippen MR) is 122 cm³/mol. The molecule has 148 valence electrons. The average Bonchev–Trinajstić information content (AvgIpc) is 3.02. The molecule has 1 aromatic heterocycles. The van der Waals surface area contributed by atoms with E-state index in [2.05, 4.69) is 46.5 Å². The SMILES string of the molecule is CN1CCN(CC/C=C2/c3cc(Cl)ccc3CSc3sccc32)CC1.Cl.O. The quantitative estimate of drug-likeness (QED) is 0.689. The Hall–Kier alpha value is -0.530. The highest BCUT2D eigenvalue weighted by Crippen LogP contribution is 2.43. The smallest absolute Gasteiger partial charge is 0.0680 e. The lowest BCUT2D eigenvalue weighted by Gasteiger charge is -2.32. The van der Waals surface area contributed by atoms with Crippen LogP contribution in [0.15, 0.2) is 39.9 Å². The number of halogens is 2. The van der Waals surface area contributed by atoms with Crippen LogP contribution in [0.4, 0.5) is 0 Å². The molecule has 0 amide bonds. The van der Waals surface area contributed by atoms with Gasteiger partial charge in [0, 0.05) is 49.1 Å². The minimum absolute atomic E-state index is 0. The largest absolute Gasteiger partial charge is 0.412 e. The maximum Gasteiger partial charge on any atom is 0.0680 e. The molecular formula is C20H26Cl2N2OS2. The Labute approximate surface area is 181 Å². The first kappa shape index (κ1) is 22.8. The third-order valence-electron chi connectivity index (χ3n) is 5.03. The van der Waals surface area contributed by atoms with Gasteiger partial charge < -0.3 is 15.3 Å². The first-order valence-corrected chi connectivity index (χ1v) is 11.1. The summed E-state index contributed by atoms with van der Waals surface area (Å²) in [5.74, 6) is 1.02. The summed E-state index contributed by atoms with van der Waals surface area (Å²) >= 11 is 10.1. The van der Waals surface area contributed by atoms with E-state index in [1.807, 2.05) is 29.2 Å². The van der Waals surface area contributed by atoms with Gasteiger partial charge in [-0.3, -0.25) is 0 Å².